The molecule has 0 saturated carbocycles. The minimum Gasteiger partial charge on any atom is -0.493 e. The Labute approximate surface area is 155 Å². The molecule has 0 atom stereocenters. The summed E-state index contributed by atoms with van der Waals surface area (Å²) in [5.41, 5.74) is 1.55. The third kappa shape index (κ3) is 6.37. The standard InChI is InChI=1S/C19H18ClF2NO3/c1-25-16-7-5-14(12-17(16)26-19(21)22)9-10-23-18(24)8-6-13-3-2-4-15(20)11-13/h2-8,11-12,19H,9-10H2,1H3,(H,23,24)/b8-6+. The Hall–Kier alpha value is -2.60. The summed E-state index contributed by atoms with van der Waals surface area (Å²) >= 11 is 5.88. The average molecular weight is 382 g/mol. The summed E-state index contributed by atoms with van der Waals surface area (Å²) in [4.78, 5) is 11.8. The van der Waals surface area contributed by atoms with Gasteiger partial charge in [-0.3, -0.25) is 4.79 Å². The van der Waals surface area contributed by atoms with Gasteiger partial charge in [0, 0.05) is 17.6 Å². The zero-order valence-corrected chi connectivity index (χ0v) is 14.8. The lowest BCUT2D eigenvalue weighted by Crippen LogP contribution is -2.23. The lowest BCUT2D eigenvalue weighted by molar-refractivity contribution is -0.116. The summed E-state index contributed by atoms with van der Waals surface area (Å²) in [6.07, 6.45) is 3.52. The molecule has 0 bridgehead atoms. The molecule has 2 rings (SSSR count). The predicted octanol–water partition coefficient (Wildman–Crippen LogP) is 4.32. The highest BCUT2D eigenvalue weighted by Crippen LogP contribution is 2.29. The molecular formula is C19H18ClF2NO3. The van der Waals surface area contributed by atoms with Gasteiger partial charge in [-0.1, -0.05) is 29.8 Å². The fraction of sp³-hybridized carbons (Fsp3) is 0.211. The summed E-state index contributed by atoms with van der Waals surface area (Å²) in [6.45, 7) is -2.59. The maximum Gasteiger partial charge on any atom is 0.387 e. The van der Waals surface area contributed by atoms with Crippen molar-refractivity contribution in [3.63, 3.8) is 0 Å². The largest absolute Gasteiger partial charge is 0.493 e. The number of halogens is 3. The normalized spacial score (nSPS) is 11.0. The summed E-state index contributed by atoms with van der Waals surface area (Å²) < 4.78 is 34.3. The number of rotatable bonds is 8. The predicted molar refractivity (Wildman–Crippen MR) is 96.8 cm³/mol. The van der Waals surface area contributed by atoms with Gasteiger partial charge < -0.3 is 14.8 Å². The van der Waals surface area contributed by atoms with Crippen molar-refractivity contribution >= 4 is 23.6 Å². The van der Waals surface area contributed by atoms with Crippen molar-refractivity contribution in [3.05, 3.63) is 64.7 Å². The molecule has 4 nitrogen and oxygen atoms in total. The van der Waals surface area contributed by atoms with Gasteiger partial charge in [0.25, 0.3) is 0 Å². The van der Waals surface area contributed by atoms with Gasteiger partial charge in [0.15, 0.2) is 11.5 Å². The van der Waals surface area contributed by atoms with Crippen molar-refractivity contribution in [2.24, 2.45) is 0 Å². The number of carbonyl (C=O) groups excluding carboxylic acids is 1. The monoisotopic (exact) mass is 381 g/mol. The number of ether oxygens (including phenoxy) is 2. The molecule has 138 valence electrons. The molecule has 0 radical (unpaired) electrons. The van der Waals surface area contributed by atoms with E-state index in [9.17, 15) is 13.6 Å². The van der Waals surface area contributed by atoms with Gasteiger partial charge in [0.05, 0.1) is 7.11 Å². The first-order valence-corrected chi connectivity index (χ1v) is 8.19. The smallest absolute Gasteiger partial charge is 0.387 e. The van der Waals surface area contributed by atoms with Gasteiger partial charge in [-0.15, -0.1) is 0 Å². The minimum atomic E-state index is -2.93. The van der Waals surface area contributed by atoms with Crippen LogP contribution in [0.5, 0.6) is 11.5 Å². The van der Waals surface area contributed by atoms with E-state index in [1.165, 1.54) is 19.3 Å². The highest BCUT2D eigenvalue weighted by molar-refractivity contribution is 6.30. The van der Waals surface area contributed by atoms with Crippen LogP contribution < -0.4 is 14.8 Å². The van der Waals surface area contributed by atoms with E-state index >= 15 is 0 Å². The fourth-order valence-electron chi connectivity index (χ4n) is 2.24. The van der Waals surface area contributed by atoms with E-state index < -0.39 is 6.61 Å². The molecule has 26 heavy (non-hydrogen) atoms. The van der Waals surface area contributed by atoms with E-state index in [-0.39, 0.29) is 17.4 Å². The van der Waals surface area contributed by atoms with E-state index in [2.05, 4.69) is 10.1 Å². The molecule has 7 heteroatoms. The van der Waals surface area contributed by atoms with Gasteiger partial charge in [0.1, 0.15) is 0 Å². The number of carbonyl (C=O) groups is 1. The maximum atomic E-state index is 12.4. The van der Waals surface area contributed by atoms with Crippen LogP contribution in [0.1, 0.15) is 11.1 Å². The van der Waals surface area contributed by atoms with Crippen LogP contribution in [0.25, 0.3) is 6.08 Å². The molecule has 1 N–H and O–H groups in total. The molecule has 0 heterocycles. The molecule has 1 amide bonds. The molecule has 0 saturated heterocycles. The number of hydrogen-bond acceptors (Lipinski definition) is 3. The quantitative estimate of drug-likeness (QED) is 0.693. The van der Waals surface area contributed by atoms with Crippen molar-refractivity contribution in [1.82, 2.24) is 5.32 Å². The topological polar surface area (TPSA) is 47.6 Å². The lowest BCUT2D eigenvalue weighted by atomic mass is 10.1. The third-order valence-electron chi connectivity index (χ3n) is 3.43. The minimum absolute atomic E-state index is 0.0350. The summed E-state index contributed by atoms with van der Waals surface area (Å²) in [5, 5.41) is 3.32. The van der Waals surface area contributed by atoms with Crippen LogP contribution in [0, 0.1) is 0 Å². The van der Waals surface area contributed by atoms with Crippen molar-refractivity contribution in [2.45, 2.75) is 13.0 Å². The van der Waals surface area contributed by atoms with Crippen LogP contribution in [0.2, 0.25) is 5.02 Å². The number of nitrogens with one attached hydrogen (secondary N) is 1. The molecule has 0 aliphatic carbocycles. The van der Waals surface area contributed by atoms with Crippen molar-refractivity contribution in [1.29, 1.82) is 0 Å². The first-order valence-electron chi connectivity index (χ1n) is 7.81. The SMILES string of the molecule is COc1ccc(CCNC(=O)/C=C/c2cccc(Cl)c2)cc1OC(F)F. The van der Waals surface area contributed by atoms with E-state index in [1.807, 2.05) is 6.07 Å². The first kappa shape index (κ1) is 19.7. The van der Waals surface area contributed by atoms with Gasteiger partial charge in [0.2, 0.25) is 5.91 Å². The number of methoxy groups -OCH3 is 1. The van der Waals surface area contributed by atoms with Gasteiger partial charge in [-0.25, -0.2) is 0 Å². The Morgan fingerprint density at radius 1 is 1.23 bits per heavy atom. The highest BCUT2D eigenvalue weighted by atomic mass is 35.5. The number of alkyl halides is 2. The summed E-state index contributed by atoms with van der Waals surface area (Å²) in [7, 11) is 1.37. The van der Waals surface area contributed by atoms with Crippen molar-refractivity contribution in [3.8, 4) is 11.5 Å². The average Bonchev–Trinajstić information content (AvgIpc) is 2.60. The molecule has 2 aromatic rings. The second-order valence-electron chi connectivity index (χ2n) is 5.29. The van der Waals surface area contributed by atoms with Crippen LogP contribution >= 0.6 is 11.6 Å². The van der Waals surface area contributed by atoms with Crippen LogP contribution in [-0.2, 0) is 11.2 Å². The first-order chi connectivity index (χ1) is 12.5. The van der Waals surface area contributed by atoms with E-state index in [0.717, 1.165) is 11.1 Å². The van der Waals surface area contributed by atoms with Crippen LogP contribution in [0.4, 0.5) is 8.78 Å². The Balaban J connectivity index is 1.87. The van der Waals surface area contributed by atoms with E-state index in [4.69, 9.17) is 16.3 Å². The lowest BCUT2D eigenvalue weighted by Gasteiger charge is -2.11. The molecule has 0 spiro atoms. The molecular weight excluding hydrogens is 364 g/mol. The Morgan fingerprint density at radius 3 is 2.73 bits per heavy atom. The van der Waals surface area contributed by atoms with Crippen LogP contribution in [0.3, 0.4) is 0 Å². The number of amides is 1. The number of benzene rings is 2. The van der Waals surface area contributed by atoms with Gasteiger partial charge in [-0.05, 0) is 47.9 Å². The molecule has 0 aliphatic rings. The van der Waals surface area contributed by atoms with Crippen LogP contribution in [0.15, 0.2) is 48.5 Å². The molecule has 0 aliphatic heterocycles. The summed E-state index contributed by atoms with van der Waals surface area (Å²) in [5.74, 6) is -0.0720. The second kappa shape index (κ2) is 9.77. The maximum absolute atomic E-state index is 12.4. The molecule has 0 aromatic heterocycles. The Morgan fingerprint density at radius 2 is 2.04 bits per heavy atom. The second-order valence-corrected chi connectivity index (χ2v) is 5.73. The van der Waals surface area contributed by atoms with Crippen molar-refractivity contribution < 1.29 is 23.0 Å². The molecule has 0 fully saturated rings. The Bertz CT molecular complexity index is 781. The number of hydrogen-bond donors (Lipinski definition) is 1. The fourth-order valence-corrected chi connectivity index (χ4v) is 2.43. The molecule has 0 unspecified atom stereocenters. The highest BCUT2D eigenvalue weighted by Gasteiger charge is 2.11. The van der Waals surface area contributed by atoms with Crippen LogP contribution in [-0.4, -0.2) is 26.2 Å². The Kier molecular flexibility index (Phi) is 7.41. The van der Waals surface area contributed by atoms with E-state index in [0.29, 0.717) is 18.0 Å². The molecule has 2 aromatic carbocycles. The third-order valence-corrected chi connectivity index (χ3v) is 3.67. The van der Waals surface area contributed by atoms with Gasteiger partial charge >= 0.3 is 6.61 Å². The van der Waals surface area contributed by atoms with E-state index in [1.54, 1.807) is 36.4 Å². The zero-order chi connectivity index (χ0) is 18.9. The van der Waals surface area contributed by atoms with Gasteiger partial charge in [-0.2, -0.15) is 8.78 Å². The summed E-state index contributed by atoms with van der Waals surface area (Å²) in [6, 6.07) is 11.9. The zero-order valence-electron chi connectivity index (χ0n) is 14.0. The van der Waals surface area contributed by atoms with Crippen molar-refractivity contribution in [2.75, 3.05) is 13.7 Å².